The van der Waals surface area contributed by atoms with E-state index < -0.39 is 0 Å². The average Bonchev–Trinajstić information content (AvgIpc) is 2.32. The summed E-state index contributed by atoms with van der Waals surface area (Å²) in [5, 5.41) is 1.26. The zero-order valence-electron chi connectivity index (χ0n) is 8.99. The zero-order valence-corrected chi connectivity index (χ0v) is 10.5. The second-order valence-electron chi connectivity index (χ2n) is 3.56. The van der Waals surface area contributed by atoms with Gasteiger partial charge in [-0.25, -0.2) is 0 Å². The van der Waals surface area contributed by atoms with E-state index in [0.717, 1.165) is 5.56 Å². The molecule has 2 aromatic rings. The van der Waals surface area contributed by atoms with Crippen LogP contribution in [-0.4, -0.2) is 0 Å². The maximum absolute atomic E-state index is 6.03. The van der Waals surface area contributed by atoms with E-state index in [1.165, 1.54) is 0 Å². The number of halogens is 2. The number of para-hydroxylation sites is 2. The summed E-state index contributed by atoms with van der Waals surface area (Å²) in [4.78, 5) is 0. The van der Waals surface area contributed by atoms with E-state index in [1.807, 2.05) is 18.2 Å². The van der Waals surface area contributed by atoms with Crippen molar-refractivity contribution >= 4 is 28.9 Å². The Hall–Kier alpha value is -1.38. The topological polar surface area (TPSA) is 35.2 Å². The van der Waals surface area contributed by atoms with Crippen LogP contribution in [0, 0.1) is 0 Å². The molecule has 0 saturated carbocycles. The van der Waals surface area contributed by atoms with Gasteiger partial charge in [0.2, 0.25) is 0 Å². The first-order valence-electron chi connectivity index (χ1n) is 5.08. The van der Waals surface area contributed by atoms with Gasteiger partial charge in [0.15, 0.2) is 0 Å². The Kier molecular flexibility index (Phi) is 3.77. The first kappa shape index (κ1) is 12.1. The number of hydrogen-bond donors (Lipinski definition) is 1. The van der Waals surface area contributed by atoms with E-state index in [1.54, 1.807) is 24.3 Å². The molecule has 0 amide bonds. The second-order valence-corrected chi connectivity index (χ2v) is 4.41. The van der Waals surface area contributed by atoms with Gasteiger partial charge in [-0.15, -0.1) is 0 Å². The summed E-state index contributed by atoms with van der Waals surface area (Å²) in [6, 6.07) is 12.6. The van der Waals surface area contributed by atoms with E-state index in [4.69, 9.17) is 33.7 Å². The van der Waals surface area contributed by atoms with Crippen LogP contribution in [0.3, 0.4) is 0 Å². The predicted molar refractivity (Wildman–Crippen MR) is 71.6 cm³/mol. The maximum atomic E-state index is 6.03. The van der Waals surface area contributed by atoms with Gasteiger partial charge in [0, 0.05) is 15.6 Å². The van der Waals surface area contributed by atoms with Crippen molar-refractivity contribution in [2.24, 2.45) is 0 Å². The Labute approximate surface area is 110 Å². The lowest BCUT2D eigenvalue weighted by Crippen LogP contribution is -1.99. The summed E-state index contributed by atoms with van der Waals surface area (Å²) in [5.41, 5.74) is 7.21. The molecule has 0 atom stereocenters. The molecule has 0 bridgehead atoms. The summed E-state index contributed by atoms with van der Waals surface area (Å²) < 4.78 is 5.59. The minimum absolute atomic E-state index is 0.341. The molecule has 2 rings (SSSR count). The molecule has 2 aromatic carbocycles. The molecule has 0 aliphatic rings. The minimum atomic E-state index is 0.341. The fourth-order valence-corrected chi connectivity index (χ4v) is 1.79. The van der Waals surface area contributed by atoms with Gasteiger partial charge in [0.25, 0.3) is 0 Å². The van der Waals surface area contributed by atoms with Gasteiger partial charge in [-0.2, -0.15) is 0 Å². The first-order valence-corrected chi connectivity index (χ1v) is 5.83. The van der Waals surface area contributed by atoms with Crippen molar-refractivity contribution in [1.29, 1.82) is 0 Å². The number of hydrogen-bond acceptors (Lipinski definition) is 2. The molecular weight excluding hydrogens is 257 g/mol. The van der Waals surface area contributed by atoms with Crippen LogP contribution < -0.4 is 10.5 Å². The molecule has 0 saturated heterocycles. The van der Waals surface area contributed by atoms with E-state index in [0.29, 0.717) is 28.1 Å². The molecule has 0 fully saturated rings. The highest BCUT2D eigenvalue weighted by Crippen LogP contribution is 2.25. The third-order valence-corrected chi connectivity index (χ3v) is 2.91. The molecule has 0 heterocycles. The number of rotatable bonds is 3. The number of nitrogen functional groups attached to an aromatic ring is 1. The Morgan fingerprint density at radius 2 is 1.82 bits per heavy atom. The molecule has 0 aliphatic carbocycles. The fourth-order valence-electron chi connectivity index (χ4n) is 1.42. The lowest BCUT2D eigenvalue weighted by molar-refractivity contribution is 0.308. The smallest absolute Gasteiger partial charge is 0.142 e. The highest BCUT2D eigenvalue weighted by atomic mass is 35.5. The molecule has 17 heavy (non-hydrogen) atoms. The SMILES string of the molecule is Nc1ccccc1OCc1cc(Cl)ccc1Cl. The molecule has 2 nitrogen and oxygen atoms in total. The van der Waals surface area contributed by atoms with E-state index >= 15 is 0 Å². The largest absolute Gasteiger partial charge is 0.487 e. The average molecular weight is 268 g/mol. The first-order chi connectivity index (χ1) is 8.16. The Balaban J connectivity index is 2.12. The molecule has 0 spiro atoms. The molecule has 88 valence electrons. The van der Waals surface area contributed by atoms with Gasteiger partial charge < -0.3 is 10.5 Å². The van der Waals surface area contributed by atoms with Crippen molar-refractivity contribution in [3.63, 3.8) is 0 Å². The lowest BCUT2D eigenvalue weighted by Gasteiger charge is -2.09. The third-order valence-electron chi connectivity index (χ3n) is 2.31. The van der Waals surface area contributed by atoms with E-state index in [-0.39, 0.29) is 0 Å². The standard InChI is InChI=1S/C13H11Cl2NO/c14-10-5-6-11(15)9(7-10)8-17-13-4-2-1-3-12(13)16/h1-7H,8,16H2. The molecule has 0 radical (unpaired) electrons. The van der Waals surface area contributed by atoms with Crippen molar-refractivity contribution in [2.45, 2.75) is 6.61 Å². The highest BCUT2D eigenvalue weighted by Gasteiger charge is 2.04. The van der Waals surface area contributed by atoms with Crippen LogP contribution in [-0.2, 0) is 6.61 Å². The second kappa shape index (κ2) is 5.30. The van der Waals surface area contributed by atoms with Crippen molar-refractivity contribution < 1.29 is 4.74 Å². The molecule has 0 aliphatic heterocycles. The normalized spacial score (nSPS) is 10.2. The monoisotopic (exact) mass is 267 g/mol. The zero-order chi connectivity index (χ0) is 12.3. The summed E-state index contributed by atoms with van der Waals surface area (Å²) in [6.07, 6.45) is 0. The minimum Gasteiger partial charge on any atom is -0.487 e. The van der Waals surface area contributed by atoms with E-state index in [9.17, 15) is 0 Å². The van der Waals surface area contributed by atoms with E-state index in [2.05, 4.69) is 0 Å². The molecule has 2 N–H and O–H groups in total. The van der Waals surface area contributed by atoms with Crippen molar-refractivity contribution in [2.75, 3.05) is 5.73 Å². The lowest BCUT2D eigenvalue weighted by atomic mass is 10.2. The van der Waals surface area contributed by atoms with Crippen molar-refractivity contribution in [3.05, 3.63) is 58.1 Å². The van der Waals surface area contributed by atoms with Gasteiger partial charge in [-0.05, 0) is 30.3 Å². The number of nitrogens with two attached hydrogens (primary N) is 1. The number of anilines is 1. The molecule has 0 unspecified atom stereocenters. The summed E-state index contributed by atoms with van der Waals surface area (Å²) in [5.74, 6) is 0.642. The molecular formula is C13H11Cl2NO. The van der Waals surface area contributed by atoms with Crippen molar-refractivity contribution in [1.82, 2.24) is 0 Å². The summed E-state index contributed by atoms with van der Waals surface area (Å²) in [6.45, 7) is 0.341. The van der Waals surface area contributed by atoms with Gasteiger partial charge in [0.05, 0.1) is 5.69 Å². The van der Waals surface area contributed by atoms with Crippen LogP contribution in [0.1, 0.15) is 5.56 Å². The van der Waals surface area contributed by atoms with Crippen molar-refractivity contribution in [3.8, 4) is 5.75 Å². The number of ether oxygens (including phenoxy) is 1. The van der Waals surface area contributed by atoms with Gasteiger partial charge in [-0.3, -0.25) is 0 Å². The Bertz CT molecular complexity index is 529. The highest BCUT2D eigenvalue weighted by molar-refractivity contribution is 6.33. The van der Waals surface area contributed by atoms with Crippen LogP contribution in [0.2, 0.25) is 10.0 Å². The predicted octanol–water partition coefficient (Wildman–Crippen LogP) is 4.15. The van der Waals surface area contributed by atoms with Crippen LogP contribution in [0.25, 0.3) is 0 Å². The molecule has 0 aromatic heterocycles. The van der Waals surface area contributed by atoms with Gasteiger partial charge in [0.1, 0.15) is 12.4 Å². The Morgan fingerprint density at radius 1 is 1.06 bits per heavy atom. The maximum Gasteiger partial charge on any atom is 0.142 e. The fraction of sp³-hybridized carbons (Fsp3) is 0.0769. The van der Waals surface area contributed by atoms with Crippen LogP contribution in [0.5, 0.6) is 5.75 Å². The van der Waals surface area contributed by atoms with Gasteiger partial charge >= 0.3 is 0 Å². The Morgan fingerprint density at radius 3 is 2.59 bits per heavy atom. The van der Waals surface area contributed by atoms with Crippen LogP contribution in [0.4, 0.5) is 5.69 Å². The van der Waals surface area contributed by atoms with Gasteiger partial charge in [-0.1, -0.05) is 35.3 Å². The third kappa shape index (κ3) is 3.05. The summed E-state index contributed by atoms with van der Waals surface area (Å²) >= 11 is 11.9. The molecule has 4 heteroatoms. The quantitative estimate of drug-likeness (QED) is 0.848. The number of benzene rings is 2. The van der Waals surface area contributed by atoms with Crippen LogP contribution >= 0.6 is 23.2 Å². The van der Waals surface area contributed by atoms with Crippen LogP contribution in [0.15, 0.2) is 42.5 Å². The summed E-state index contributed by atoms with van der Waals surface area (Å²) in [7, 11) is 0.